The summed E-state index contributed by atoms with van der Waals surface area (Å²) in [4.78, 5) is 10.6. The van der Waals surface area contributed by atoms with Crippen molar-refractivity contribution in [2.45, 2.75) is 12.5 Å². The van der Waals surface area contributed by atoms with Gasteiger partial charge >= 0.3 is 5.97 Å². The Kier molecular flexibility index (Phi) is 2.84. The minimum absolute atomic E-state index is 0.117. The van der Waals surface area contributed by atoms with Crippen LogP contribution >= 0.6 is 0 Å². The van der Waals surface area contributed by atoms with Crippen LogP contribution < -0.4 is 5.32 Å². The van der Waals surface area contributed by atoms with E-state index >= 15 is 0 Å². The molecule has 0 bridgehead atoms. The molecule has 1 rings (SSSR count). The summed E-state index contributed by atoms with van der Waals surface area (Å²) in [5.41, 5.74) is 0. The molecular weight excluding hydrogens is 146 g/mol. The van der Waals surface area contributed by atoms with Crippen molar-refractivity contribution in [1.82, 2.24) is 5.32 Å². The highest BCUT2D eigenvalue weighted by Gasteiger charge is 2.30. The number of carboxylic acid groups (broad SMARTS) is 1. The predicted molar refractivity (Wildman–Crippen MR) is 39.4 cm³/mol. The van der Waals surface area contributed by atoms with Crippen molar-refractivity contribution in [2.75, 3.05) is 20.2 Å². The van der Waals surface area contributed by atoms with Crippen LogP contribution in [0.4, 0.5) is 0 Å². The van der Waals surface area contributed by atoms with Crippen molar-refractivity contribution in [3.63, 3.8) is 0 Å². The minimum Gasteiger partial charge on any atom is -0.481 e. The number of carboxylic acids is 1. The molecule has 4 nitrogen and oxygen atoms in total. The molecule has 0 spiro atoms. The second kappa shape index (κ2) is 3.69. The number of aliphatic carboxylic acids is 1. The normalized spacial score (nSPS) is 31.7. The maximum atomic E-state index is 10.6. The summed E-state index contributed by atoms with van der Waals surface area (Å²) >= 11 is 0. The lowest BCUT2D eigenvalue weighted by molar-refractivity contribution is -0.147. The van der Waals surface area contributed by atoms with E-state index < -0.39 is 5.97 Å². The number of hydrogen-bond donors (Lipinski definition) is 2. The average molecular weight is 159 g/mol. The Morgan fingerprint density at radius 2 is 2.45 bits per heavy atom. The summed E-state index contributed by atoms with van der Waals surface area (Å²) in [6.45, 7) is 1.37. The molecule has 0 aromatic rings. The van der Waals surface area contributed by atoms with E-state index in [4.69, 9.17) is 9.84 Å². The van der Waals surface area contributed by atoms with Gasteiger partial charge in [-0.05, 0) is 13.0 Å². The first-order valence-corrected chi connectivity index (χ1v) is 3.72. The molecule has 0 aromatic carbocycles. The van der Waals surface area contributed by atoms with Gasteiger partial charge in [-0.3, -0.25) is 4.79 Å². The number of hydrogen-bond acceptors (Lipinski definition) is 3. The van der Waals surface area contributed by atoms with Gasteiger partial charge in [0, 0.05) is 13.7 Å². The summed E-state index contributed by atoms with van der Waals surface area (Å²) in [5.74, 6) is -1.15. The Morgan fingerprint density at radius 1 is 1.73 bits per heavy atom. The van der Waals surface area contributed by atoms with E-state index in [-0.39, 0.29) is 12.0 Å². The van der Waals surface area contributed by atoms with Crippen molar-refractivity contribution in [3.8, 4) is 0 Å². The van der Waals surface area contributed by atoms with Gasteiger partial charge in [-0.1, -0.05) is 0 Å². The first-order chi connectivity index (χ1) is 5.25. The fourth-order valence-electron chi connectivity index (χ4n) is 1.36. The van der Waals surface area contributed by atoms with Crippen molar-refractivity contribution >= 4 is 5.97 Å². The van der Waals surface area contributed by atoms with Crippen LogP contribution in [0.25, 0.3) is 0 Å². The van der Waals surface area contributed by atoms with E-state index in [2.05, 4.69) is 5.32 Å². The first-order valence-electron chi connectivity index (χ1n) is 3.72. The van der Waals surface area contributed by atoms with Gasteiger partial charge in [0.15, 0.2) is 0 Å². The van der Waals surface area contributed by atoms with E-state index in [1.807, 2.05) is 0 Å². The highest BCUT2D eigenvalue weighted by Crippen LogP contribution is 2.14. The lowest BCUT2D eigenvalue weighted by Gasteiger charge is -2.27. The van der Waals surface area contributed by atoms with Crippen LogP contribution in [0.15, 0.2) is 0 Å². The largest absolute Gasteiger partial charge is 0.481 e. The SMILES string of the molecule is COC1CCNCC1C(=O)O. The highest BCUT2D eigenvalue weighted by atomic mass is 16.5. The van der Waals surface area contributed by atoms with Gasteiger partial charge in [-0.25, -0.2) is 0 Å². The quantitative estimate of drug-likeness (QED) is 0.580. The smallest absolute Gasteiger partial charge is 0.310 e. The van der Waals surface area contributed by atoms with Crippen LogP contribution in [-0.2, 0) is 9.53 Å². The van der Waals surface area contributed by atoms with Crippen LogP contribution in [0, 0.1) is 5.92 Å². The highest BCUT2D eigenvalue weighted by molar-refractivity contribution is 5.71. The summed E-state index contributed by atoms with van der Waals surface area (Å²) in [6, 6.07) is 0. The zero-order chi connectivity index (χ0) is 8.27. The molecule has 2 unspecified atom stereocenters. The predicted octanol–water partition coefficient (Wildman–Crippen LogP) is -0.305. The van der Waals surface area contributed by atoms with Crippen LogP contribution in [0.1, 0.15) is 6.42 Å². The topological polar surface area (TPSA) is 58.6 Å². The lowest BCUT2D eigenvalue weighted by atomic mass is 9.96. The molecule has 1 aliphatic heterocycles. The molecule has 0 radical (unpaired) electrons. The standard InChI is InChI=1S/C7H13NO3/c1-11-6-2-3-8-4-5(6)7(9)10/h5-6,8H,2-4H2,1H3,(H,9,10). The zero-order valence-corrected chi connectivity index (χ0v) is 6.54. The van der Waals surface area contributed by atoms with Crippen molar-refractivity contribution in [1.29, 1.82) is 0 Å². The Hall–Kier alpha value is -0.610. The monoisotopic (exact) mass is 159 g/mol. The third kappa shape index (κ3) is 1.91. The van der Waals surface area contributed by atoms with Gasteiger partial charge < -0.3 is 15.2 Å². The molecule has 4 heteroatoms. The number of methoxy groups -OCH3 is 1. The van der Waals surface area contributed by atoms with E-state index in [1.165, 1.54) is 0 Å². The van der Waals surface area contributed by atoms with Gasteiger partial charge in [0.1, 0.15) is 0 Å². The molecule has 11 heavy (non-hydrogen) atoms. The van der Waals surface area contributed by atoms with Crippen LogP contribution in [0.5, 0.6) is 0 Å². The Labute approximate surface area is 65.5 Å². The first kappa shape index (κ1) is 8.49. The average Bonchev–Trinajstić information content (AvgIpc) is 2.04. The molecule has 0 amide bonds. The van der Waals surface area contributed by atoms with Crippen molar-refractivity contribution in [3.05, 3.63) is 0 Å². The molecule has 64 valence electrons. The summed E-state index contributed by atoms with van der Waals surface area (Å²) in [6.07, 6.45) is 0.668. The third-order valence-electron chi connectivity index (χ3n) is 2.04. The minimum atomic E-state index is -0.774. The fourth-order valence-corrected chi connectivity index (χ4v) is 1.36. The van der Waals surface area contributed by atoms with Crippen LogP contribution in [-0.4, -0.2) is 37.4 Å². The van der Waals surface area contributed by atoms with Gasteiger partial charge in [0.25, 0.3) is 0 Å². The molecule has 0 aromatic heterocycles. The van der Waals surface area contributed by atoms with Gasteiger partial charge in [0.2, 0.25) is 0 Å². The molecule has 1 aliphatic rings. The van der Waals surface area contributed by atoms with Crippen LogP contribution in [0.2, 0.25) is 0 Å². The second-order valence-electron chi connectivity index (χ2n) is 2.71. The molecule has 2 atom stereocenters. The molecule has 0 saturated carbocycles. The van der Waals surface area contributed by atoms with Gasteiger partial charge in [-0.15, -0.1) is 0 Å². The Bertz CT molecular complexity index is 149. The molecule has 1 fully saturated rings. The molecular formula is C7H13NO3. The van der Waals surface area contributed by atoms with Crippen molar-refractivity contribution < 1.29 is 14.6 Å². The number of rotatable bonds is 2. The molecule has 1 saturated heterocycles. The summed E-state index contributed by atoms with van der Waals surface area (Å²) in [7, 11) is 1.56. The van der Waals surface area contributed by atoms with Gasteiger partial charge in [0.05, 0.1) is 12.0 Å². The second-order valence-corrected chi connectivity index (χ2v) is 2.71. The molecule has 0 aliphatic carbocycles. The molecule has 1 heterocycles. The number of piperidine rings is 1. The fraction of sp³-hybridized carbons (Fsp3) is 0.857. The summed E-state index contributed by atoms with van der Waals surface area (Å²) in [5, 5.41) is 11.7. The number of carbonyl (C=O) groups is 1. The Morgan fingerprint density at radius 3 is 2.91 bits per heavy atom. The van der Waals surface area contributed by atoms with Crippen molar-refractivity contribution in [2.24, 2.45) is 5.92 Å². The summed E-state index contributed by atoms with van der Waals surface area (Å²) < 4.78 is 5.04. The van der Waals surface area contributed by atoms with Crippen LogP contribution in [0.3, 0.4) is 0 Å². The maximum Gasteiger partial charge on any atom is 0.310 e. The zero-order valence-electron chi connectivity index (χ0n) is 6.54. The van der Waals surface area contributed by atoms with E-state index in [1.54, 1.807) is 7.11 Å². The maximum absolute atomic E-state index is 10.6. The van der Waals surface area contributed by atoms with Gasteiger partial charge in [-0.2, -0.15) is 0 Å². The Balaban J connectivity index is 2.51. The van der Waals surface area contributed by atoms with E-state index in [9.17, 15) is 4.79 Å². The lowest BCUT2D eigenvalue weighted by Crippen LogP contribution is -2.44. The third-order valence-corrected chi connectivity index (χ3v) is 2.04. The number of nitrogens with one attached hydrogen (secondary N) is 1. The van der Waals surface area contributed by atoms with E-state index in [0.717, 1.165) is 13.0 Å². The van der Waals surface area contributed by atoms with E-state index in [0.29, 0.717) is 6.54 Å². The molecule has 2 N–H and O–H groups in total. The number of ether oxygens (including phenoxy) is 1.